The molecule has 4 aromatic rings. The topological polar surface area (TPSA) is 85.0 Å². The van der Waals surface area contributed by atoms with E-state index in [1.54, 1.807) is 17.6 Å². The van der Waals surface area contributed by atoms with Crippen LogP contribution in [0.5, 0.6) is 0 Å². The lowest BCUT2D eigenvalue weighted by molar-refractivity contribution is 0.127. The monoisotopic (exact) mass is 440 g/mol. The molecule has 168 valence electrons. The van der Waals surface area contributed by atoms with Gasteiger partial charge in [0.1, 0.15) is 11.3 Å². The molecule has 0 radical (unpaired) electrons. The summed E-state index contributed by atoms with van der Waals surface area (Å²) in [7, 11) is 2.01. The number of aromatic nitrogens is 6. The molecule has 1 aliphatic rings. The third kappa shape index (κ3) is 3.90. The average molecular weight is 441 g/mol. The van der Waals surface area contributed by atoms with Crippen molar-refractivity contribution >= 4 is 22.6 Å². The Morgan fingerprint density at radius 1 is 1.09 bits per heavy atom. The Morgan fingerprint density at radius 3 is 2.62 bits per heavy atom. The van der Waals surface area contributed by atoms with Crippen LogP contribution in [0.25, 0.3) is 27.9 Å². The Labute approximate surface area is 184 Å². The first kappa shape index (κ1) is 20.7. The van der Waals surface area contributed by atoms with Crippen LogP contribution in [0.4, 0.5) is 14.7 Å². The van der Waals surface area contributed by atoms with Crippen LogP contribution in [0, 0.1) is 6.92 Å². The number of nitrogens with one attached hydrogen (secondary N) is 2. The first-order valence-electron chi connectivity index (χ1n) is 10.9. The quantitative estimate of drug-likeness (QED) is 0.476. The van der Waals surface area contributed by atoms with Crippen LogP contribution in [-0.4, -0.2) is 54.7 Å². The molecule has 0 bridgehead atoms. The molecule has 0 saturated heterocycles. The van der Waals surface area contributed by atoms with E-state index >= 15 is 0 Å². The molecule has 0 amide bonds. The molecular formula is C22H26F2N8. The summed E-state index contributed by atoms with van der Waals surface area (Å²) >= 11 is 0. The molecule has 4 heterocycles. The van der Waals surface area contributed by atoms with Crippen molar-refractivity contribution in [1.29, 1.82) is 0 Å². The summed E-state index contributed by atoms with van der Waals surface area (Å²) in [4.78, 5) is 13.5. The number of hydrogen-bond donors (Lipinski definition) is 2. The molecule has 32 heavy (non-hydrogen) atoms. The number of pyridine rings is 1. The highest BCUT2D eigenvalue weighted by molar-refractivity contribution is 5.82. The predicted octanol–water partition coefficient (Wildman–Crippen LogP) is 3.66. The second-order valence-corrected chi connectivity index (χ2v) is 8.32. The zero-order valence-corrected chi connectivity index (χ0v) is 18.1. The van der Waals surface area contributed by atoms with Crippen molar-refractivity contribution in [1.82, 2.24) is 34.4 Å². The van der Waals surface area contributed by atoms with E-state index in [2.05, 4.69) is 30.7 Å². The van der Waals surface area contributed by atoms with Gasteiger partial charge in [-0.2, -0.15) is 0 Å². The number of alkyl halides is 2. The number of nitrogens with zero attached hydrogens (tertiary/aromatic N) is 6. The van der Waals surface area contributed by atoms with Gasteiger partial charge in [-0.25, -0.2) is 28.2 Å². The molecule has 1 saturated carbocycles. The Bertz CT molecular complexity index is 1240. The SMILES string of the molecule is CN[C@H]1CC[C@H](Nc2ncc3c(-c4ccc5nc(C)n(CC(F)F)c5n4)ccn3n2)CC1. The molecule has 0 spiro atoms. The van der Waals surface area contributed by atoms with E-state index in [-0.39, 0.29) is 0 Å². The Kier molecular flexibility index (Phi) is 5.46. The third-order valence-electron chi connectivity index (χ3n) is 6.27. The maximum atomic E-state index is 13.0. The molecule has 2 N–H and O–H groups in total. The lowest BCUT2D eigenvalue weighted by atomic mass is 9.91. The molecular weight excluding hydrogens is 414 g/mol. The van der Waals surface area contributed by atoms with Crippen molar-refractivity contribution in [3.63, 3.8) is 0 Å². The fraction of sp³-hybridized carbons (Fsp3) is 0.455. The van der Waals surface area contributed by atoms with Crippen LogP contribution in [0.3, 0.4) is 0 Å². The largest absolute Gasteiger partial charge is 0.350 e. The van der Waals surface area contributed by atoms with Gasteiger partial charge in [-0.1, -0.05) is 0 Å². The fourth-order valence-electron chi connectivity index (χ4n) is 4.51. The van der Waals surface area contributed by atoms with Gasteiger partial charge in [-0.15, -0.1) is 5.10 Å². The zero-order chi connectivity index (χ0) is 22.2. The van der Waals surface area contributed by atoms with Gasteiger partial charge >= 0.3 is 0 Å². The lowest BCUT2D eigenvalue weighted by Gasteiger charge is -2.28. The number of fused-ring (bicyclic) bond motifs is 2. The number of halogens is 2. The van der Waals surface area contributed by atoms with Crippen molar-refractivity contribution in [2.45, 2.75) is 57.7 Å². The van der Waals surface area contributed by atoms with E-state index in [0.717, 1.165) is 36.8 Å². The van der Waals surface area contributed by atoms with Gasteiger partial charge in [-0.05, 0) is 57.9 Å². The molecule has 0 atom stereocenters. The van der Waals surface area contributed by atoms with E-state index in [0.29, 0.717) is 40.7 Å². The number of hydrogen-bond acceptors (Lipinski definition) is 6. The second-order valence-electron chi connectivity index (χ2n) is 8.32. The second kappa shape index (κ2) is 8.42. The van der Waals surface area contributed by atoms with Crippen molar-refractivity contribution < 1.29 is 8.78 Å². The Hall–Kier alpha value is -3.14. The Balaban J connectivity index is 1.42. The van der Waals surface area contributed by atoms with Crippen molar-refractivity contribution in [3.05, 3.63) is 36.4 Å². The summed E-state index contributed by atoms with van der Waals surface area (Å²) in [6.07, 6.45) is 5.61. The third-order valence-corrected chi connectivity index (χ3v) is 6.27. The average Bonchev–Trinajstić information content (AvgIpc) is 3.34. The van der Waals surface area contributed by atoms with Crippen molar-refractivity contribution in [2.24, 2.45) is 0 Å². The van der Waals surface area contributed by atoms with Gasteiger partial charge < -0.3 is 15.2 Å². The summed E-state index contributed by atoms with van der Waals surface area (Å²) in [5.74, 6) is 1.12. The normalized spacial score (nSPS) is 19.3. The highest BCUT2D eigenvalue weighted by Crippen LogP contribution is 2.27. The zero-order valence-electron chi connectivity index (χ0n) is 18.1. The maximum absolute atomic E-state index is 13.0. The molecule has 1 aliphatic carbocycles. The van der Waals surface area contributed by atoms with E-state index in [4.69, 9.17) is 0 Å². The van der Waals surface area contributed by atoms with Crippen LogP contribution >= 0.6 is 0 Å². The molecule has 0 aromatic carbocycles. The first-order chi connectivity index (χ1) is 15.5. The van der Waals surface area contributed by atoms with E-state index in [1.165, 1.54) is 4.57 Å². The molecule has 8 nitrogen and oxygen atoms in total. The van der Waals surface area contributed by atoms with Crippen molar-refractivity contribution in [3.8, 4) is 11.3 Å². The van der Waals surface area contributed by atoms with Crippen LogP contribution in [0.2, 0.25) is 0 Å². The van der Waals surface area contributed by atoms with Gasteiger partial charge in [0.05, 0.1) is 24.0 Å². The molecule has 10 heteroatoms. The van der Waals surface area contributed by atoms with Crippen LogP contribution in [-0.2, 0) is 6.54 Å². The highest BCUT2D eigenvalue weighted by Gasteiger charge is 2.21. The van der Waals surface area contributed by atoms with Crippen molar-refractivity contribution in [2.75, 3.05) is 12.4 Å². The van der Waals surface area contributed by atoms with E-state index in [1.807, 2.05) is 31.4 Å². The van der Waals surface area contributed by atoms with Crippen LogP contribution in [0.15, 0.2) is 30.6 Å². The summed E-state index contributed by atoms with van der Waals surface area (Å²) in [6.45, 7) is 1.29. The van der Waals surface area contributed by atoms with Crippen LogP contribution in [0.1, 0.15) is 31.5 Å². The maximum Gasteiger partial charge on any atom is 0.256 e. The molecule has 1 fully saturated rings. The van der Waals surface area contributed by atoms with Gasteiger partial charge in [-0.3, -0.25) is 0 Å². The molecule has 0 unspecified atom stereocenters. The fourth-order valence-corrected chi connectivity index (χ4v) is 4.51. The Morgan fingerprint density at radius 2 is 1.88 bits per heavy atom. The smallest absolute Gasteiger partial charge is 0.256 e. The van der Waals surface area contributed by atoms with Gasteiger partial charge in [0.2, 0.25) is 5.95 Å². The molecule has 4 aromatic heterocycles. The number of anilines is 1. The lowest BCUT2D eigenvalue weighted by Crippen LogP contribution is -2.35. The minimum Gasteiger partial charge on any atom is -0.350 e. The highest BCUT2D eigenvalue weighted by atomic mass is 19.3. The number of rotatable bonds is 6. The summed E-state index contributed by atoms with van der Waals surface area (Å²) in [6, 6.07) is 6.54. The van der Waals surface area contributed by atoms with E-state index < -0.39 is 13.0 Å². The van der Waals surface area contributed by atoms with Gasteiger partial charge in [0.25, 0.3) is 6.43 Å². The molecule has 5 rings (SSSR count). The minimum atomic E-state index is -2.47. The predicted molar refractivity (Wildman–Crippen MR) is 119 cm³/mol. The number of imidazole rings is 1. The first-order valence-corrected chi connectivity index (χ1v) is 10.9. The summed E-state index contributed by atoms with van der Waals surface area (Å²) in [5.41, 5.74) is 3.38. The summed E-state index contributed by atoms with van der Waals surface area (Å²) in [5, 5.41) is 11.4. The van der Waals surface area contributed by atoms with Crippen LogP contribution < -0.4 is 10.6 Å². The molecule has 0 aliphatic heterocycles. The summed E-state index contributed by atoms with van der Waals surface area (Å²) < 4.78 is 29.3. The minimum absolute atomic E-state index is 0.370. The number of aryl methyl sites for hydroxylation is 1. The van der Waals surface area contributed by atoms with E-state index in [9.17, 15) is 8.78 Å². The van der Waals surface area contributed by atoms with Gasteiger partial charge in [0, 0.05) is 23.8 Å². The van der Waals surface area contributed by atoms with Gasteiger partial charge in [0.15, 0.2) is 5.65 Å². The standard InChI is InChI=1S/C22H26F2N8/c1-13-27-18-8-7-17(29-21(18)31(13)12-20(23)24)16-9-10-32-19(16)11-26-22(30-32)28-15-5-3-14(25-2)4-6-15/h7-11,14-15,20,25H,3-6,12H2,1-2H3,(H,28,30)/t14-,15-.